The summed E-state index contributed by atoms with van der Waals surface area (Å²) in [5, 5.41) is 3.13. The Morgan fingerprint density at radius 1 is 1.08 bits per heavy atom. The molecule has 0 aliphatic rings. The Bertz CT molecular complexity index is 784. The number of anilines is 2. The number of benzene rings is 2. The molecule has 24 heavy (non-hydrogen) atoms. The van der Waals surface area contributed by atoms with Crippen molar-refractivity contribution in [3.05, 3.63) is 58.4 Å². The van der Waals surface area contributed by atoms with Crippen LogP contribution in [0.1, 0.15) is 13.3 Å². The van der Waals surface area contributed by atoms with Crippen LogP contribution in [-0.2, 0) is 0 Å². The maximum Gasteiger partial charge on any atom is 0.190 e. The smallest absolute Gasteiger partial charge is 0.190 e. The second kappa shape index (κ2) is 7.81. The number of nitrogens with zero attached hydrogens (tertiary/aromatic N) is 2. The standard InChI is InChI=1S/C19H19BrN2OS/c1-3-12-22(16-8-10-17(23-2)11-9-16)19-21-18(13-24-19)14-4-6-15(20)7-5-14/h4-11,13H,3,12H2,1-2H3. The largest absolute Gasteiger partial charge is 0.497 e. The Kier molecular flexibility index (Phi) is 5.53. The molecule has 0 radical (unpaired) electrons. The second-order valence-corrected chi connectivity index (χ2v) is 7.12. The van der Waals surface area contributed by atoms with Crippen molar-refractivity contribution < 1.29 is 4.74 Å². The molecule has 0 saturated heterocycles. The van der Waals surface area contributed by atoms with E-state index in [2.05, 4.69) is 57.4 Å². The zero-order valence-corrected chi connectivity index (χ0v) is 16.1. The van der Waals surface area contributed by atoms with Gasteiger partial charge in [0.1, 0.15) is 5.75 Å². The molecule has 124 valence electrons. The third kappa shape index (κ3) is 3.79. The van der Waals surface area contributed by atoms with Gasteiger partial charge in [-0.3, -0.25) is 0 Å². The van der Waals surface area contributed by atoms with Gasteiger partial charge in [0, 0.05) is 27.6 Å². The van der Waals surface area contributed by atoms with Crippen molar-refractivity contribution in [2.75, 3.05) is 18.6 Å². The number of aromatic nitrogens is 1. The van der Waals surface area contributed by atoms with Crippen molar-refractivity contribution in [3.8, 4) is 17.0 Å². The zero-order valence-electron chi connectivity index (χ0n) is 13.7. The Morgan fingerprint density at radius 2 is 1.79 bits per heavy atom. The predicted octanol–water partition coefficient (Wildman–Crippen LogP) is 6.13. The van der Waals surface area contributed by atoms with Crippen molar-refractivity contribution in [3.63, 3.8) is 0 Å². The topological polar surface area (TPSA) is 25.4 Å². The fourth-order valence-electron chi connectivity index (χ4n) is 2.46. The first kappa shape index (κ1) is 17.0. The van der Waals surface area contributed by atoms with Gasteiger partial charge in [0.2, 0.25) is 0 Å². The van der Waals surface area contributed by atoms with Crippen LogP contribution < -0.4 is 9.64 Å². The van der Waals surface area contributed by atoms with Gasteiger partial charge in [0.15, 0.2) is 5.13 Å². The van der Waals surface area contributed by atoms with Crippen LogP contribution in [0.2, 0.25) is 0 Å². The molecule has 5 heteroatoms. The maximum atomic E-state index is 5.25. The lowest BCUT2D eigenvalue weighted by Gasteiger charge is -2.21. The zero-order chi connectivity index (χ0) is 16.9. The van der Waals surface area contributed by atoms with E-state index in [1.54, 1.807) is 18.4 Å². The molecule has 0 atom stereocenters. The molecule has 3 rings (SSSR count). The van der Waals surface area contributed by atoms with Crippen LogP contribution in [0.25, 0.3) is 11.3 Å². The van der Waals surface area contributed by atoms with Crippen LogP contribution in [0.15, 0.2) is 58.4 Å². The Morgan fingerprint density at radius 3 is 2.42 bits per heavy atom. The van der Waals surface area contributed by atoms with E-state index in [4.69, 9.17) is 9.72 Å². The SMILES string of the molecule is CCCN(c1ccc(OC)cc1)c1nc(-c2ccc(Br)cc2)cs1. The first-order chi connectivity index (χ1) is 11.7. The monoisotopic (exact) mass is 402 g/mol. The first-order valence-corrected chi connectivity index (χ1v) is 9.51. The molecule has 1 heterocycles. The van der Waals surface area contributed by atoms with Crippen molar-refractivity contribution in [1.29, 1.82) is 0 Å². The van der Waals surface area contributed by atoms with Gasteiger partial charge in [-0.05, 0) is 42.8 Å². The Balaban J connectivity index is 1.89. The van der Waals surface area contributed by atoms with Crippen molar-refractivity contribution in [1.82, 2.24) is 4.98 Å². The Hall–Kier alpha value is -1.85. The van der Waals surface area contributed by atoms with Gasteiger partial charge in [-0.15, -0.1) is 11.3 Å². The highest BCUT2D eigenvalue weighted by molar-refractivity contribution is 9.10. The summed E-state index contributed by atoms with van der Waals surface area (Å²) < 4.78 is 6.33. The Labute approximate surface area is 155 Å². The van der Waals surface area contributed by atoms with Gasteiger partial charge in [0.05, 0.1) is 12.8 Å². The lowest BCUT2D eigenvalue weighted by molar-refractivity contribution is 0.415. The highest BCUT2D eigenvalue weighted by Crippen LogP contribution is 2.33. The summed E-state index contributed by atoms with van der Waals surface area (Å²) in [4.78, 5) is 7.10. The molecule has 0 N–H and O–H groups in total. The van der Waals surface area contributed by atoms with Crippen LogP contribution in [0.4, 0.5) is 10.8 Å². The number of ether oxygens (including phenoxy) is 1. The fourth-order valence-corrected chi connectivity index (χ4v) is 3.61. The molecule has 0 saturated carbocycles. The van der Waals surface area contributed by atoms with Gasteiger partial charge >= 0.3 is 0 Å². The minimum atomic E-state index is 0.866. The molecule has 3 aromatic rings. The minimum Gasteiger partial charge on any atom is -0.497 e. The second-order valence-electron chi connectivity index (χ2n) is 5.37. The van der Waals surface area contributed by atoms with E-state index >= 15 is 0 Å². The third-order valence-electron chi connectivity index (χ3n) is 3.69. The summed E-state index contributed by atoms with van der Waals surface area (Å²) in [5.74, 6) is 0.866. The number of hydrogen-bond acceptors (Lipinski definition) is 4. The van der Waals surface area contributed by atoms with Crippen LogP contribution >= 0.6 is 27.3 Å². The van der Waals surface area contributed by atoms with E-state index in [0.717, 1.165) is 45.3 Å². The summed E-state index contributed by atoms with van der Waals surface area (Å²) in [6, 6.07) is 16.4. The van der Waals surface area contributed by atoms with Crippen LogP contribution in [0.5, 0.6) is 5.75 Å². The summed E-state index contributed by atoms with van der Waals surface area (Å²) in [6.07, 6.45) is 1.05. The lowest BCUT2D eigenvalue weighted by atomic mass is 10.2. The molecule has 0 aliphatic heterocycles. The average Bonchev–Trinajstić information content (AvgIpc) is 3.10. The molecule has 0 aliphatic carbocycles. The van der Waals surface area contributed by atoms with Crippen molar-refractivity contribution in [2.24, 2.45) is 0 Å². The van der Waals surface area contributed by atoms with Gasteiger partial charge in [-0.1, -0.05) is 35.0 Å². The molecule has 0 bridgehead atoms. The molecular weight excluding hydrogens is 384 g/mol. The molecular formula is C19H19BrN2OS. The summed E-state index contributed by atoms with van der Waals surface area (Å²) in [7, 11) is 1.68. The number of methoxy groups -OCH3 is 1. The summed E-state index contributed by atoms with van der Waals surface area (Å²) in [6.45, 7) is 3.11. The van der Waals surface area contributed by atoms with E-state index < -0.39 is 0 Å². The minimum absolute atomic E-state index is 0.866. The number of rotatable bonds is 6. The van der Waals surface area contributed by atoms with E-state index in [9.17, 15) is 0 Å². The number of thiazole rings is 1. The van der Waals surface area contributed by atoms with Gasteiger partial charge < -0.3 is 9.64 Å². The van der Waals surface area contributed by atoms with E-state index in [1.807, 2.05) is 24.3 Å². The van der Waals surface area contributed by atoms with Crippen LogP contribution in [-0.4, -0.2) is 18.6 Å². The summed E-state index contributed by atoms with van der Waals surface area (Å²) in [5.41, 5.74) is 3.28. The maximum absolute atomic E-state index is 5.25. The van der Waals surface area contributed by atoms with Crippen molar-refractivity contribution >= 4 is 38.1 Å². The van der Waals surface area contributed by atoms with E-state index in [1.165, 1.54) is 0 Å². The van der Waals surface area contributed by atoms with Crippen LogP contribution in [0.3, 0.4) is 0 Å². The van der Waals surface area contributed by atoms with Crippen molar-refractivity contribution in [2.45, 2.75) is 13.3 Å². The summed E-state index contributed by atoms with van der Waals surface area (Å²) >= 11 is 5.15. The normalized spacial score (nSPS) is 10.6. The van der Waals surface area contributed by atoms with Gasteiger partial charge in [-0.2, -0.15) is 0 Å². The highest BCUT2D eigenvalue weighted by Gasteiger charge is 2.13. The molecule has 0 amide bonds. The molecule has 3 nitrogen and oxygen atoms in total. The third-order valence-corrected chi connectivity index (χ3v) is 5.09. The van der Waals surface area contributed by atoms with Gasteiger partial charge in [0.25, 0.3) is 0 Å². The molecule has 0 unspecified atom stereocenters. The molecule has 0 spiro atoms. The van der Waals surface area contributed by atoms with E-state index in [0.29, 0.717) is 0 Å². The highest BCUT2D eigenvalue weighted by atomic mass is 79.9. The fraction of sp³-hybridized carbons (Fsp3) is 0.211. The first-order valence-electron chi connectivity index (χ1n) is 7.84. The van der Waals surface area contributed by atoms with E-state index in [-0.39, 0.29) is 0 Å². The number of hydrogen-bond donors (Lipinski definition) is 0. The quantitative estimate of drug-likeness (QED) is 0.495. The number of halogens is 1. The molecule has 2 aromatic carbocycles. The average molecular weight is 403 g/mol. The lowest BCUT2D eigenvalue weighted by Crippen LogP contribution is -2.17. The van der Waals surface area contributed by atoms with Crippen LogP contribution in [0, 0.1) is 0 Å². The predicted molar refractivity (Wildman–Crippen MR) is 106 cm³/mol. The molecule has 1 aromatic heterocycles. The molecule has 0 fully saturated rings. The van der Waals surface area contributed by atoms with Gasteiger partial charge in [-0.25, -0.2) is 4.98 Å².